The molecule has 5 nitrogen and oxygen atoms in total. The van der Waals surface area contributed by atoms with Crippen LogP contribution in [0.4, 0.5) is 0 Å². The summed E-state index contributed by atoms with van der Waals surface area (Å²) in [6.07, 6.45) is 5.98. The highest BCUT2D eigenvalue weighted by Crippen LogP contribution is 2.35. The monoisotopic (exact) mass is 383 g/mol. The van der Waals surface area contributed by atoms with Gasteiger partial charge in [-0.05, 0) is 50.7 Å². The van der Waals surface area contributed by atoms with E-state index < -0.39 is 0 Å². The molecule has 2 aliphatic rings. The summed E-state index contributed by atoms with van der Waals surface area (Å²) >= 11 is 0. The number of aromatic amines is 1. The van der Waals surface area contributed by atoms with Gasteiger partial charge in [-0.2, -0.15) is 0 Å². The molecule has 0 aliphatic carbocycles. The highest BCUT2D eigenvalue weighted by Gasteiger charge is 2.45. The third-order valence-corrected chi connectivity index (χ3v) is 6.78. The van der Waals surface area contributed by atoms with Gasteiger partial charge in [-0.3, -0.25) is 9.69 Å². The molecule has 4 rings (SSSR count). The molecule has 3 heterocycles. The molecule has 1 amide bonds. The number of hydrogen-bond donors (Lipinski definition) is 1. The van der Waals surface area contributed by atoms with E-state index in [1.807, 2.05) is 19.4 Å². The van der Waals surface area contributed by atoms with Crippen LogP contribution in [0.1, 0.15) is 38.7 Å². The first-order valence-electron chi connectivity index (χ1n) is 10.7. The molecule has 0 unspecified atom stereocenters. The minimum atomic E-state index is 0.293. The Hall–Kier alpha value is -1.85. The minimum absolute atomic E-state index is 0.293. The van der Waals surface area contributed by atoms with Crippen molar-refractivity contribution in [2.45, 2.75) is 57.7 Å². The summed E-state index contributed by atoms with van der Waals surface area (Å²) in [6, 6.07) is 9.39. The zero-order valence-electron chi connectivity index (χ0n) is 17.4. The quantitative estimate of drug-likeness (QED) is 0.831. The SMILES string of the molecule is CO[C@H]1CN(C(C)C)[C@H]1C1CCN(C(=O)CCc2c[nH]c3ccccc23)CC1. The molecule has 1 aromatic carbocycles. The number of hydrogen-bond acceptors (Lipinski definition) is 3. The summed E-state index contributed by atoms with van der Waals surface area (Å²) in [7, 11) is 1.83. The van der Waals surface area contributed by atoms with Crippen LogP contribution in [0.15, 0.2) is 30.5 Å². The predicted molar refractivity (Wildman–Crippen MR) is 112 cm³/mol. The number of rotatable bonds is 6. The van der Waals surface area contributed by atoms with Gasteiger partial charge in [-0.1, -0.05) is 18.2 Å². The van der Waals surface area contributed by atoms with Gasteiger partial charge in [-0.15, -0.1) is 0 Å². The fourth-order valence-electron chi connectivity index (χ4n) is 5.09. The number of carbonyl (C=O) groups excluding carboxylic acids is 1. The predicted octanol–water partition coefficient (Wildman–Crippen LogP) is 3.45. The van der Waals surface area contributed by atoms with Crippen molar-refractivity contribution in [3.05, 3.63) is 36.0 Å². The standard InChI is InChI=1S/C23H33N3O2/c1-16(2)26-15-21(28-3)23(26)17-10-12-25(13-11-17)22(27)9-8-18-14-24-20-7-5-4-6-19(18)20/h4-7,14,16-17,21,23-24H,8-13,15H2,1-3H3/t21-,23-/m0/s1. The van der Waals surface area contributed by atoms with Crippen molar-refractivity contribution in [3.8, 4) is 0 Å². The number of piperidine rings is 1. The Morgan fingerprint density at radius 1 is 1.25 bits per heavy atom. The average Bonchev–Trinajstić information content (AvgIpc) is 3.09. The number of benzene rings is 1. The Labute approximate surface area is 168 Å². The van der Waals surface area contributed by atoms with Gasteiger partial charge in [0, 0.05) is 62.3 Å². The molecule has 0 bridgehead atoms. The highest BCUT2D eigenvalue weighted by atomic mass is 16.5. The second-order valence-corrected chi connectivity index (χ2v) is 8.63. The largest absolute Gasteiger partial charge is 0.378 e. The van der Waals surface area contributed by atoms with Crippen LogP contribution in [-0.2, 0) is 16.0 Å². The summed E-state index contributed by atoms with van der Waals surface area (Å²) < 4.78 is 5.70. The van der Waals surface area contributed by atoms with Crippen molar-refractivity contribution < 1.29 is 9.53 Å². The van der Waals surface area contributed by atoms with Crippen molar-refractivity contribution in [1.82, 2.24) is 14.8 Å². The normalized spacial score (nSPS) is 24.1. The van der Waals surface area contributed by atoms with Gasteiger partial charge in [0.2, 0.25) is 5.91 Å². The lowest BCUT2D eigenvalue weighted by molar-refractivity contribution is -0.140. The lowest BCUT2D eigenvalue weighted by Gasteiger charge is -2.54. The fraction of sp³-hybridized carbons (Fsp3) is 0.609. The molecule has 2 fully saturated rings. The van der Waals surface area contributed by atoms with Gasteiger partial charge >= 0.3 is 0 Å². The van der Waals surface area contributed by atoms with Crippen molar-refractivity contribution in [1.29, 1.82) is 0 Å². The van der Waals surface area contributed by atoms with E-state index in [2.05, 4.69) is 46.8 Å². The molecule has 2 aromatic rings. The first-order chi connectivity index (χ1) is 13.6. The topological polar surface area (TPSA) is 48.6 Å². The number of likely N-dealkylation sites (tertiary alicyclic amines) is 2. The number of fused-ring (bicyclic) bond motifs is 1. The van der Waals surface area contributed by atoms with Crippen molar-refractivity contribution in [3.63, 3.8) is 0 Å². The Balaban J connectivity index is 1.29. The lowest BCUT2D eigenvalue weighted by atomic mass is 9.79. The molecule has 1 aromatic heterocycles. The Morgan fingerprint density at radius 2 is 2.00 bits per heavy atom. The van der Waals surface area contributed by atoms with Gasteiger partial charge in [0.1, 0.15) is 0 Å². The number of aromatic nitrogens is 1. The van der Waals surface area contributed by atoms with E-state index >= 15 is 0 Å². The summed E-state index contributed by atoms with van der Waals surface area (Å²) in [5.74, 6) is 0.931. The molecule has 28 heavy (non-hydrogen) atoms. The van der Waals surface area contributed by atoms with Gasteiger partial charge in [0.05, 0.1) is 6.10 Å². The molecular formula is C23H33N3O2. The molecule has 0 spiro atoms. The molecule has 5 heteroatoms. The second kappa shape index (κ2) is 8.26. The van der Waals surface area contributed by atoms with E-state index in [1.54, 1.807) is 0 Å². The molecule has 0 saturated carbocycles. The molecule has 152 valence electrons. The van der Waals surface area contributed by atoms with Crippen LogP contribution in [0.5, 0.6) is 0 Å². The third-order valence-electron chi connectivity index (χ3n) is 6.78. The number of nitrogens with one attached hydrogen (secondary N) is 1. The Morgan fingerprint density at radius 3 is 2.71 bits per heavy atom. The smallest absolute Gasteiger partial charge is 0.222 e. The number of nitrogens with zero attached hydrogens (tertiary/aromatic N) is 2. The van der Waals surface area contributed by atoms with Crippen molar-refractivity contribution in [2.24, 2.45) is 5.92 Å². The zero-order valence-corrected chi connectivity index (χ0v) is 17.4. The number of amides is 1. The van der Waals surface area contributed by atoms with Crippen LogP contribution < -0.4 is 0 Å². The maximum absolute atomic E-state index is 12.8. The van der Waals surface area contributed by atoms with Crippen molar-refractivity contribution >= 4 is 16.8 Å². The molecule has 2 atom stereocenters. The van der Waals surface area contributed by atoms with E-state index in [0.717, 1.165) is 44.4 Å². The van der Waals surface area contributed by atoms with E-state index in [4.69, 9.17) is 4.74 Å². The van der Waals surface area contributed by atoms with E-state index in [-0.39, 0.29) is 0 Å². The molecule has 2 aliphatic heterocycles. The van der Waals surface area contributed by atoms with Crippen LogP contribution in [0.2, 0.25) is 0 Å². The number of para-hydroxylation sites is 1. The lowest BCUT2D eigenvalue weighted by Crippen LogP contribution is -2.66. The van der Waals surface area contributed by atoms with Crippen LogP contribution in [0.3, 0.4) is 0 Å². The number of H-pyrrole nitrogens is 1. The number of methoxy groups -OCH3 is 1. The minimum Gasteiger partial charge on any atom is -0.378 e. The zero-order chi connectivity index (χ0) is 19.7. The van der Waals surface area contributed by atoms with Crippen molar-refractivity contribution in [2.75, 3.05) is 26.7 Å². The number of aryl methyl sites for hydroxylation is 1. The summed E-state index contributed by atoms with van der Waals surface area (Å²) in [5.41, 5.74) is 2.39. The first-order valence-corrected chi connectivity index (χ1v) is 10.7. The van der Waals surface area contributed by atoms with Crippen LogP contribution >= 0.6 is 0 Å². The number of carbonyl (C=O) groups is 1. The van der Waals surface area contributed by atoms with Crippen LogP contribution in [0, 0.1) is 5.92 Å². The third kappa shape index (κ3) is 3.70. The van der Waals surface area contributed by atoms with E-state index in [9.17, 15) is 4.79 Å². The van der Waals surface area contributed by atoms with Gasteiger partial charge < -0.3 is 14.6 Å². The van der Waals surface area contributed by atoms with Crippen LogP contribution in [-0.4, -0.2) is 65.6 Å². The van der Waals surface area contributed by atoms with E-state index in [1.165, 1.54) is 10.9 Å². The molecule has 0 radical (unpaired) electrons. The van der Waals surface area contributed by atoms with Gasteiger partial charge in [0.15, 0.2) is 0 Å². The highest BCUT2D eigenvalue weighted by molar-refractivity contribution is 5.84. The van der Waals surface area contributed by atoms with Gasteiger partial charge in [0.25, 0.3) is 0 Å². The molecular weight excluding hydrogens is 350 g/mol. The second-order valence-electron chi connectivity index (χ2n) is 8.63. The molecule has 1 N–H and O–H groups in total. The average molecular weight is 384 g/mol. The Bertz CT molecular complexity index is 807. The summed E-state index contributed by atoms with van der Waals surface area (Å²) in [5, 5.41) is 1.23. The molecule has 2 saturated heterocycles. The maximum atomic E-state index is 12.8. The first kappa shape index (κ1) is 19.5. The number of ether oxygens (including phenoxy) is 1. The van der Waals surface area contributed by atoms with E-state index in [0.29, 0.717) is 36.4 Å². The maximum Gasteiger partial charge on any atom is 0.222 e. The van der Waals surface area contributed by atoms with Gasteiger partial charge in [-0.25, -0.2) is 0 Å². The van der Waals surface area contributed by atoms with Crippen LogP contribution in [0.25, 0.3) is 10.9 Å². The fourth-order valence-corrected chi connectivity index (χ4v) is 5.09. The summed E-state index contributed by atoms with van der Waals surface area (Å²) in [6.45, 7) is 7.35. The Kier molecular flexibility index (Phi) is 5.74. The summed E-state index contributed by atoms with van der Waals surface area (Å²) in [4.78, 5) is 20.7.